The van der Waals surface area contributed by atoms with E-state index >= 15 is 0 Å². The average molecular weight is 214 g/mol. The summed E-state index contributed by atoms with van der Waals surface area (Å²) >= 11 is 0. The van der Waals surface area contributed by atoms with E-state index in [-0.39, 0.29) is 6.42 Å². The van der Waals surface area contributed by atoms with Crippen molar-refractivity contribution in [1.82, 2.24) is 0 Å². The van der Waals surface area contributed by atoms with Crippen molar-refractivity contribution in [2.75, 3.05) is 14.2 Å². The van der Waals surface area contributed by atoms with Crippen LogP contribution in [-0.2, 0) is 8.85 Å². The maximum atomic E-state index is 11.7. The van der Waals surface area contributed by atoms with Gasteiger partial charge in [-0.3, -0.25) is 0 Å². The maximum Gasteiger partial charge on any atom is 0.389 e. The van der Waals surface area contributed by atoms with Crippen LogP contribution in [0.25, 0.3) is 0 Å². The minimum absolute atomic E-state index is 0.0142. The van der Waals surface area contributed by atoms with E-state index in [1.807, 2.05) is 0 Å². The van der Waals surface area contributed by atoms with Crippen LogP contribution in [0, 0.1) is 0 Å². The van der Waals surface area contributed by atoms with Crippen LogP contribution in [0.2, 0.25) is 0 Å². The average Bonchev–Trinajstić information content (AvgIpc) is 2.03. The molecule has 0 aromatic heterocycles. The summed E-state index contributed by atoms with van der Waals surface area (Å²) < 4.78 is 44.7. The molecule has 0 aliphatic heterocycles. The number of allylic oxidation sites excluding steroid dienone is 1. The highest BCUT2D eigenvalue weighted by Crippen LogP contribution is 2.21. The number of halogens is 3. The zero-order chi connectivity index (χ0) is 10.3. The van der Waals surface area contributed by atoms with Gasteiger partial charge in [-0.25, -0.2) is 0 Å². The molecule has 0 unspecified atom stereocenters. The fourth-order valence-corrected chi connectivity index (χ4v) is 1.63. The minimum atomic E-state index is -4.08. The summed E-state index contributed by atoms with van der Waals surface area (Å²) in [6.07, 6.45) is -3.43. The monoisotopic (exact) mass is 214 g/mol. The number of rotatable bonds is 5. The fourth-order valence-electron chi connectivity index (χ4n) is 0.708. The van der Waals surface area contributed by atoms with Gasteiger partial charge in [-0.1, -0.05) is 6.08 Å². The van der Waals surface area contributed by atoms with Crippen LogP contribution in [0.3, 0.4) is 0 Å². The fraction of sp³-hybridized carbons (Fsp3) is 0.714. The van der Waals surface area contributed by atoms with Crippen LogP contribution in [0.1, 0.15) is 12.8 Å². The molecule has 0 bridgehead atoms. The summed E-state index contributed by atoms with van der Waals surface area (Å²) in [5, 5.41) is 0. The first-order valence-corrected chi connectivity index (χ1v) is 5.39. The first kappa shape index (κ1) is 12.7. The lowest BCUT2D eigenvalue weighted by Gasteiger charge is -2.05. The molecule has 0 aromatic carbocycles. The van der Waals surface area contributed by atoms with Gasteiger partial charge in [0.05, 0.1) is 0 Å². The molecular formula is C7H13F3O2Si. The second kappa shape index (κ2) is 6.17. The molecule has 2 nitrogen and oxygen atoms in total. The molecule has 0 amide bonds. The lowest BCUT2D eigenvalue weighted by Crippen LogP contribution is -2.15. The Morgan fingerprint density at radius 1 is 1.23 bits per heavy atom. The number of alkyl halides is 3. The third-order valence-electron chi connectivity index (χ3n) is 1.35. The largest absolute Gasteiger partial charge is 0.397 e. The van der Waals surface area contributed by atoms with E-state index in [2.05, 4.69) is 0 Å². The Morgan fingerprint density at radius 3 is 2.15 bits per heavy atom. The van der Waals surface area contributed by atoms with E-state index in [4.69, 9.17) is 8.85 Å². The maximum absolute atomic E-state index is 11.7. The summed E-state index contributed by atoms with van der Waals surface area (Å²) in [6, 6.07) is 0. The van der Waals surface area contributed by atoms with Crippen molar-refractivity contribution in [3.8, 4) is 0 Å². The van der Waals surface area contributed by atoms with E-state index in [9.17, 15) is 13.2 Å². The van der Waals surface area contributed by atoms with Gasteiger partial charge in [0.25, 0.3) is 0 Å². The summed E-state index contributed by atoms with van der Waals surface area (Å²) in [4.78, 5) is 0. The Bertz CT molecular complexity index is 154. The molecular weight excluding hydrogens is 201 g/mol. The third-order valence-corrected chi connectivity index (χ3v) is 2.87. The van der Waals surface area contributed by atoms with Crippen molar-refractivity contribution in [1.29, 1.82) is 0 Å². The van der Waals surface area contributed by atoms with Gasteiger partial charge in [0, 0.05) is 20.6 Å². The highest BCUT2D eigenvalue weighted by atomic mass is 28.3. The molecule has 0 radical (unpaired) electrons. The van der Waals surface area contributed by atoms with Crippen molar-refractivity contribution in [3.63, 3.8) is 0 Å². The molecule has 0 heterocycles. The lowest BCUT2D eigenvalue weighted by atomic mass is 10.3. The Labute approximate surface area is 77.2 Å². The van der Waals surface area contributed by atoms with Crippen LogP contribution in [0.15, 0.2) is 11.8 Å². The highest BCUT2D eigenvalue weighted by molar-refractivity contribution is 6.50. The van der Waals surface area contributed by atoms with Crippen LogP contribution in [0.4, 0.5) is 13.2 Å². The van der Waals surface area contributed by atoms with Gasteiger partial charge in [0.15, 0.2) is 0 Å². The minimum Gasteiger partial charge on any atom is -0.397 e. The van der Waals surface area contributed by atoms with E-state index in [0.717, 1.165) is 0 Å². The van der Waals surface area contributed by atoms with E-state index < -0.39 is 21.9 Å². The van der Waals surface area contributed by atoms with Gasteiger partial charge in [-0.15, -0.1) is 0 Å². The number of hydrogen-bond acceptors (Lipinski definition) is 2. The zero-order valence-corrected chi connectivity index (χ0v) is 8.75. The molecule has 0 rings (SSSR count). The van der Waals surface area contributed by atoms with Gasteiger partial charge in [-0.2, -0.15) is 13.2 Å². The lowest BCUT2D eigenvalue weighted by molar-refractivity contribution is -0.133. The first-order chi connectivity index (χ1) is 5.99. The Kier molecular flexibility index (Phi) is 6.01. The van der Waals surface area contributed by atoms with Crippen LogP contribution in [0.5, 0.6) is 0 Å². The predicted molar refractivity (Wildman–Crippen MR) is 45.6 cm³/mol. The molecule has 0 saturated heterocycles. The summed E-state index contributed by atoms with van der Waals surface area (Å²) in [5.74, 6) is 0. The summed E-state index contributed by atoms with van der Waals surface area (Å²) in [5.41, 5.74) is 1.59. The van der Waals surface area contributed by atoms with Crippen molar-refractivity contribution in [2.45, 2.75) is 19.0 Å². The Balaban J connectivity index is 3.62. The van der Waals surface area contributed by atoms with Gasteiger partial charge in [-0.05, 0) is 12.1 Å². The van der Waals surface area contributed by atoms with Crippen LogP contribution in [-0.4, -0.2) is 29.7 Å². The molecule has 0 atom stereocenters. The normalized spacial score (nSPS) is 13.1. The van der Waals surface area contributed by atoms with Crippen LogP contribution < -0.4 is 0 Å². The molecule has 0 aliphatic rings. The molecule has 13 heavy (non-hydrogen) atoms. The van der Waals surface area contributed by atoms with Crippen molar-refractivity contribution in [2.24, 2.45) is 0 Å². The summed E-state index contributed by atoms with van der Waals surface area (Å²) in [6.45, 7) is 0. The molecule has 0 fully saturated rings. The van der Waals surface area contributed by atoms with Gasteiger partial charge >= 0.3 is 15.5 Å². The van der Waals surface area contributed by atoms with Crippen molar-refractivity contribution >= 4 is 9.28 Å². The molecule has 0 spiro atoms. The SMILES string of the molecule is CO[SiH](C=CCCC(F)(F)F)OC. The van der Waals surface area contributed by atoms with Crippen molar-refractivity contribution in [3.05, 3.63) is 11.8 Å². The molecule has 0 aliphatic carbocycles. The molecule has 6 heteroatoms. The van der Waals surface area contributed by atoms with Gasteiger partial charge in [0.2, 0.25) is 0 Å². The topological polar surface area (TPSA) is 18.5 Å². The second-order valence-electron chi connectivity index (χ2n) is 2.42. The molecule has 0 saturated carbocycles. The van der Waals surface area contributed by atoms with E-state index in [1.54, 1.807) is 5.70 Å². The highest BCUT2D eigenvalue weighted by Gasteiger charge is 2.25. The number of hydrogen-bond donors (Lipinski definition) is 0. The summed E-state index contributed by atoms with van der Waals surface area (Å²) in [7, 11) is 1.14. The van der Waals surface area contributed by atoms with Gasteiger partial charge in [0.1, 0.15) is 0 Å². The van der Waals surface area contributed by atoms with E-state index in [1.165, 1.54) is 20.3 Å². The Morgan fingerprint density at radius 2 is 1.77 bits per heavy atom. The zero-order valence-electron chi connectivity index (χ0n) is 7.60. The van der Waals surface area contributed by atoms with Gasteiger partial charge < -0.3 is 8.85 Å². The predicted octanol–water partition coefficient (Wildman–Crippen LogP) is 1.94. The van der Waals surface area contributed by atoms with Crippen LogP contribution >= 0.6 is 0 Å². The smallest absolute Gasteiger partial charge is 0.389 e. The van der Waals surface area contributed by atoms with Crippen molar-refractivity contribution < 1.29 is 22.0 Å². The molecule has 78 valence electrons. The Hall–Kier alpha value is -0.333. The van der Waals surface area contributed by atoms with E-state index in [0.29, 0.717) is 0 Å². The standard InChI is InChI=1S/C7H13F3O2Si/c1-11-13(12-2)6-4-3-5-7(8,9)10/h4,6,13H,3,5H2,1-2H3. The quantitative estimate of drug-likeness (QED) is 0.651. The molecule has 0 aromatic rings. The first-order valence-electron chi connectivity index (χ1n) is 3.78. The third kappa shape index (κ3) is 8.01. The molecule has 0 N–H and O–H groups in total. The second-order valence-corrected chi connectivity index (χ2v) is 4.49.